The van der Waals surface area contributed by atoms with Crippen molar-refractivity contribution in [2.24, 2.45) is 5.73 Å². The van der Waals surface area contributed by atoms with Crippen molar-refractivity contribution >= 4 is 5.78 Å². The number of Topliss-reactive ketones (excluding diaryl/α,β-unsaturated/α-hetero) is 1. The van der Waals surface area contributed by atoms with Gasteiger partial charge in [0.1, 0.15) is 17.4 Å². The molecule has 0 aliphatic carbocycles. The number of hydrogen-bond donors (Lipinski definition) is 1. The Morgan fingerprint density at radius 2 is 1.86 bits per heavy atom. The molecule has 0 unspecified atom stereocenters. The second-order valence-electron chi connectivity index (χ2n) is 4.68. The van der Waals surface area contributed by atoms with Gasteiger partial charge < -0.3 is 10.5 Å². The summed E-state index contributed by atoms with van der Waals surface area (Å²) >= 11 is 0. The van der Waals surface area contributed by atoms with Gasteiger partial charge in [0.2, 0.25) is 5.88 Å². The summed E-state index contributed by atoms with van der Waals surface area (Å²) in [5.41, 5.74) is 7.60. The van der Waals surface area contributed by atoms with Crippen LogP contribution < -0.4 is 5.73 Å². The Morgan fingerprint density at radius 3 is 2.33 bits per heavy atom. The lowest BCUT2D eigenvalue weighted by Crippen LogP contribution is -2.23. The molecule has 0 aromatic heterocycles. The maximum atomic E-state index is 11.9. The molecule has 1 aromatic carbocycles. The molecule has 0 spiro atoms. The topological polar surface area (TPSA) is 99.9 Å². The maximum Gasteiger partial charge on any atom is 0.205 e. The molecule has 5 nitrogen and oxygen atoms in total. The van der Waals surface area contributed by atoms with E-state index in [1.807, 2.05) is 12.1 Å². The van der Waals surface area contributed by atoms with Crippen molar-refractivity contribution in [3.63, 3.8) is 0 Å². The van der Waals surface area contributed by atoms with Crippen LogP contribution in [0.2, 0.25) is 0 Å². The fourth-order valence-corrected chi connectivity index (χ4v) is 2.42. The van der Waals surface area contributed by atoms with Gasteiger partial charge in [-0.3, -0.25) is 4.79 Å². The molecule has 0 saturated carbocycles. The standard InChI is InChI=1S/C16H13N3O2/c1-9(20)14-10(2)21-16(19)13(8-18)15(14)12-5-3-11(7-17)4-6-12/h3-6,15H,19H2,1-2H3/t15-/m0/s1. The number of nitrogens with zero attached hydrogens (tertiary/aromatic N) is 2. The fraction of sp³-hybridized carbons (Fsp3) is 0.188. The highest BCUT2D eigenvalue weighted by Crippen LogP contribution is 2.39. The molecule has 1 aliphatic rings. The molecule has 2 rings (SSSR count). The molecule has 1 aromatic rings. The third-order valence-electron chi connectivity index (χ3n) is 3.36. The van der Waals surface area contributed by atoms with Gasteiger partial charge in [-0.1, -0.05) is 12.1 Å². The minimum Gasteiger partial charge on any atom is -0.445 e. The second-order valence-corrected chi connectivity index (χ2v) is 4.68. The molecule has 21 heavy (non-hydrogen) atoms. The Labute approximate surface area is 122 Å². The lowest BCUT2D eigenvalue weighted by Gasteiger charge is -2.26. The summed E-state index contributed by atoms with van der Waals surface area (Å²) in [6, 6.07) is 10.8. The maximum absolute atomic E-state index is 11.9. The van der Waals surface area contributed by atoms with E-state index in [2.05, 4.69) is 0 Å². The van der Waals surface area contributed by atoms with E-state index in [4.69, 9.17) is 15.7 Å². The number of allylic oxidation sites excluding steroid dienone is 3. The molecule has 5 heteroatoms. The summed E-state index contributed by atoms with van der Waals surface area (Å²) in [6.45, 7) is 3.07. The summed E-state index contributed by atoms with van der Waals surface area (Å²) in [6.07, 6.45) is 0. The van der Waals surface area contributed by atoms with Crippen LogP contribution in [0.5, 0.6) is 0 Å². The predicted molar refractivity (Wildman–Crippen MR) is 75.2 cm³/mol. The van der Waals surface area contributed by atoms with Crippen LogP contribution in [0.25, 0.3) is 0 Å². The van der Waals surface area contributed by atoms with Gasteiger partial charge in [0.05, 0.1) is 17.6 Å². The van der Waals surface area contributed by atoms with Gasteiger partial charge in [-0.15, -0.1) is 0 Å². The number of ether oxygens (including phenoxy) is 1. The van der Waals surface area contributed by atoms with Crippen LogP contribution in [0.15, 0.2) is 47.1 Å². The van der Waals surface area contributed by atoms with Crippen LogP contribution in [0.4, 0.5) is 0 Å². The fourth-order valence-electron chi connectivity index (χ4n) is 2.42. The Kier molecular flexibility index (Phi) is 3.77. The van der Waals surface area contributed by atoms with Crippen molar-refractivity contribution in [2.45, 2.75) is 19.8 Å². The Bertz CT molecular complexity index is 743. The third-order valence-corrected chi connectivity index (χ3v) is 3.36. The molecular formula is C16H13N3O2. The van der Waals surface area contributed by atoms with E-state index in [-0.39, 0.29) is 17.2 Å². The molecule has 1 heterocycles. The first kappa shape index (κ1) is 14.4. The molecule has 0 bridgehead atoms. The van der Waals surface area contributed by atoms with Crippen molar-refractivity contribution in [1.82, 2.24) is 0 Å². The SMILES string of the molecule is CC(=O)C1=C(C)OC(N)=C(C#N)[C@@H]1c1ccc(C#N)cc1. The number of rotatable bonds is 2. The van der Waals surface area contributed by atoms with Crippen LogP contribution >= 0.6 is 0 Å². The number of carbonyl (C=O) groups is 1. The summed E-state index contributed by atoms with van der Waals surface area (Å²) in [7, 11) is 0. The quantitative estimate of drug-likeness (QED) is 0.894. The molecule has 0 amide bonds. The highest BCUT2D eigenvalue weighted by atomic mass is 16.5. The predicted octanol–water partition coefficient (Wildman–Crippen LogP) is 2.23. The van der Waals surface area contributed by atoms with Gasteiger partial charge in [0.25, 0.3) is 0 Å². The molecule has 1 atom stereocenters. The van der Waals surface area contributed by atoms with E-state index < -0.39 is 5.92 Å². The Morgan fingerprint density at radius 1 is 1.24 bits per heavy atom. The smallest absolute Gasteiger partial charge is 0.205 e. The summed E-state index contributed by atoms with van der Waals surface area (Å²) in [4.78, 5) is 11.9. The van der Waals surface area contributed by atoms with Gasteiger partial charge in [-0.25, -0.2) is 0 Å². The summed E-state index contributed by atoms with van der Waals surface area (Å²) in [5, 5.41) is 18.2. The van der Waals surface area contributed by atoms with E-state index in [1.54, 1.807) is 31.2 Å². The van der Waals surface area contributed by atoms with Gasteiger partial charge in [0, 0.05) is 5.57 Å². The zero-order chi connectivity index (χ0) is 15.6. The van der Waals surface area contributed by atoms with Crippen LogP contribution in [-0.2, 0) is 9.53 Å². The van der Waals surface area contributed by atoms with Crippen LogP contribution in [-0.4, -0.2) is 5.78 Å². The first-order valence-corrected chi connectivity index (χ1v) is 6.29. The number of benzene rings is 1. The highest BCUT2D eigenvalue weighted by Gasteiger charge is 2.33. The number of nitrogens with two attached hydrogens (primary N) is 1. The van der Waals surface area contributed by atoms with Crippen molar-refractivity contribution in [3.8, 4) is 12.1 Å². The average molecular weight is 279 g/mol. The molecule has 2 N–H and O–H groups in total. The van der Waals surface area contributed by atoms with Crippen molar-refractivity contribution in [1.29, 1.82) is 10.5 Å². The van der Waals surface area contributed by atoms with Crippen LogP contribution in [0.1, 0.15) is 30.9 Å². The number of ketones is 1. The third kappa shape index (κ3) is 2.50. The zero-order valence-electron chi connectivity index (χ0n) is 11.7. The summed E-state index contributed by atoms with van der Waals surface area (Å²) in [5.74, 6) is -0.334. The molecule has 1 aliphatic heterocycles. The average Bonchev–Trinajstić information content (AvgIpc) is 2.46. The van der Waals surface area contributed by atoms with E-state index in [0.29, 0.717) is 16.9 Å². The largest absolute Gasteiger partial charge is 0.445 e. The van der Waals surface area contributed by atoms with Gasteiger partial charge in [-0.2, -0.15) is 10.5 Å². The van der Waals surface area contributed by atoms with E-state index >= 15 is 0 Å². The van der Waals surface area contributed by atoms with Crippen molar-refractivity contribution < 1.29 is 9.53 Å². The Balaban J connectivity index is 2.63. The highest BCUT2D eigenvalue weighted by molar-refractivity contribution is 5.96. The minimum atomic E-state index is -0.561. The number of nitriles is 2. The zero-order valence-corrected chi connectivity index (χ0v) is 11.7. The van der Waals surface area contributed by atoms with Crippen LogP contribution in [0, 0.1) is 22.7 Å². The molecule has 0 radical (unpaired) electrons. The van der Waals surface area contributed by atoms with Gasteiger partial charge in [0.15, 0.2) is 5.78 Å². The summed E-state index contributed by atoms with van der Waals surface area (Å²) < 4.78 is 5.30. The normalized spacial score (nSPS) is 17.8. The van der Waals surface area contributed by atoms with Gasteiger partial charge in [-0.05, 0) is 31.5 Å². The molecule has 104 valence electrons. The molecular weight excluding hydrogens is 266 g/mol. The first-order valence-electron chi connectivity index (χ1n) is 6.29. The van der Waals surface area contributed by atoms with Crippen LogP contribution in [0.3, 0.4) is 0 Å². The van der Waals surface area contributed by atoms with E-state index in [9.17, 15) is 10.1 Å². The first-order chi connectivity index (χ1) is 9.99. The van der Waals surface area contributed by atoms with Gasteiger partial charge >= 0.3 is 0 Å². The number of hydrogen-bond acceptors (Lipinski definition) is 5. The minimum absolute atomic E-state index is 0.00867. The van der Waals surface area contributed by atoms with E-state index in [0.717, 1.165) is 5.56 Å². The van der Waals surface area contributed by atoms with Crippen molar-refractivity contribution in [2.75, 3.05) is 0 Å². The molecule has 0 fully saturated rings. The van der Waals surface area contributed by atoms with E-state index in [1.165, 1.54) is 6.92 Å². The van der Waals surface area contributed by atoms with Crippen molar-refractivity contribution in [3.05, 3.63) is 58.2 Å². The molecule has 0 saturated heterocycles. The Hall–Kier alpha value is -3.05. The lowest BCUT2D eigenvalue weighted by molar-refractivity contribution is -0.114. The lowest BCUT2D eigenvalue weighted by atomic mass is 9.81. The monoisotopic (exact) mass is 279 g/mol. The number of carbonyl (C=O) groups excluding carboxylic acids is 1. The second kappa shape index (κ2) is 5.52.